The van der Waals surface area contributed by atoms with Crippen molar-refractivity contribution in [2.24, 2.45) is 16.6 Å². The number of nitrogens with two attached hydrogens (primary N) is 1. The van der Waals surface area contributed by atoms with Crippen LogP contribution in [0.15, 0.2) is 34.1 Å². The highest BCUT2D eigenvalue weighted by molar-refractivity contribution is 5.78. The van der Waals surface area contributed by atoms with Gasteiger partial charge in [0, 0.05) is 19.6 Å². The van der Waals surface area contributed by atoms with Crippen molar-refractivity contribution in [2.45, 2.75) is 26.3 Å². The van der Waals surface area contributed by atoms with Gasteiger partial charge in [0.15, 0.2) is 5.96 Å². The Labute approximate surface area is 129 Å². The number of likely N-dealkylation sites (tertiary alicyclic amines) is 1. The number of aromatic nitrogens is 2. The van der Waals surface area contributed by atoms with E-state index in [1.807, 2.05) is 24.3 Å². The van der Waals surface area contributed by atoms with E-state index in [9.17, 15) is 4.79 Å². The third kappa shape index (κ3) is 3.00. The summed E-state index contributed by atoms with van der Waals surface area (Å²) in [7, 11) is 0. The van der Waals surface area contributed by atoms with Crippen molar-refractivity contribution in [3.8, 4) is 0 Å². The molecular formula is C16H23N5O. The van der Waals surface area contributed by atoms with E-state index in [1.165, 1.54) is 12.8 Å². The summed E-state index contributed by atoms with van der Waals surface area (Å²) >= 11 is 0. The number of benzene rings is 1. The number of para-hydroxylation sites is 2. The van der Waals surface area contributed by atoms with Gasteiger partial charge in [-0.3, -0.25) is 9.56 Å². The molecule has 0 amide bonds. The number of piperidine rings is 1. The first-order valence-electron chi connectivity index (χ1n) is 7.87. The Morgan fingerprint density at radius 1 is 1.45 bits per heavy atom. The largest absolute Gasteiger partial charge is 0.370 e. The first kappa shape index (κ1) is 14.7. The van der Waals surface area contributed by atoms with Gasteiger partial charge in [0.1, 0.15) is 0 Å². The van der Waals surface area contributed by atoms with Gasteiger partial charge in [-0.25, -0.2) is 4.79 Å². The number of aliphatic imine (C=N–C) groups is 1. The van der Waals surface area contributed by atoms with Gasteiger partial charge in [-0.05, 0) is 30.9 Å². The number of rotatable bonds is 3. The molecule has 1 atom stereocenters. The highest BCUT2D eigenvalue weighted by Gasteiger charge is 2.17. The highest BCUT2D eigenvalue weighted by atomic mass is 16.1. The van der Waals surface area contributed by atoms with Gasteiger partial charge in [-0.1, -0.05) is 19.1 Å². The molecule has 1 aliphatic heterocycles. The third-order valence-corrected chi connectivity index (χ3v) is 4.26. The van der Waals surface area contributed by atoms with Crippen molar-refractivity contribution in [3.63, 3.8) is 0 Å². The number of fused-ring (bicyclic) bond motifs is 1. The topological polar surface area (TPSA) is 79.4 Å². The van der Waals surface area contributed by atoms with Crippen LogP contribution in [0.3, 0.4) is 0 Å². The lowest BCUT2D eigenvalue weighted by Crippen LogP contribution is -2.43. The number of H-pyrrole nitrogens is 1. The van der Waals surface area contributed by atoms with Crippen molar-refractivity contribution in [1.82, 2.24) is 14.5 Å². The minimum absolute atomic E-state index is 0.0958. The first-order valence-corrected chi connectivity index (χ1v) is 7.87. The predicted molar refractivity (Wildman–Crippen MR) is 89.0 cm³/mol. The summed E-state index contributed by atoms with van der Waals surface area (Å²) in [5.74, 6) is 1.26. The lowest BCUT2D eigenvalue weighted by molar-refractivity contribution is 0.270. The second-order valence-electron chi connectivity index (χ2n) is 6.03. The van der Waals surface area contributed by atoms with Gasteiger partial charge >= 0.3 is 5.69 Å². The summed E-state index contributed by atoms with van der Waals surface area (Å²) in [5.41, 5.74) is 7.75. The lowest BCUT2D eigenvalue weighted by atomic mass is 10.0. The molecule has 118 valence electrons. The summed E-state index contributed by atoms with van der Waals surface area (Å²) in [6, 6.07) is 7.68. The molecule has 6 heteroatoms. The van der Waals surface area contributed by atoms with E-state index in [0.717, 1.165) is 24.1 Å². The summed E-state index contributed by atoms with van der Waals surface area (Å²) in [5, 5.41) is 0. The van der Waals surface area contributed by atoms with Crippen molar-refractivity contribution < 1.29 is 0 Å². The Kier molecular flexibility index (Phi) is 4.18. The van der Waals surface area contributed by atoms with Gasteiger partial charge in [0.2, 0.25) is 0 Å². The number of hydrogen-bond donors (Lipinski definition) is 2. The smallest absolute Gasteiger partial charge is 0.326 e. The van der Waals surface area contributed by atoms with Gasteiger partial charge in [0.05, 0.1) is 17.6 Å². The van der Waals surface area contributed by atoms with Crippen molar-refractivity contribution in [2.75, 3.05) is 19.6 Å². The molecule has 0 radical (unpaired) electrons. The number of nitrogens with zero attached hydrogens (tertiary/aromatic N) is 3. The SMILES string of the molecule is CC1CCCN(C(N)=NCCn2c(=O)[nH]c3ccccc32)C1. The molecular weight excluding hydrogens is 278 g/mol. The first-order chi connectivity index (χ1) is 10.6. The minimum Gasteiger partial charge on any atom is -0.370 e. The molecule has 0 aliphatic carbocycles. The molecule has 3 N–H and O–H groups in total. The molecule has 22 heavy (non-hydrogen) atoms. The van der Waals surface area contributed by atoms with E-state index in [4.69, 9.17) is 5.73 Å². The van der Waals surface area contributed by atoms with E-state index < -0.39 is 0 Å². The zero-order chi connectivity index (χ0) is 15.5. The van der Waals surface area contributed by atoms with Gasteiger partial charge in [-0.15, -0.1) is 0 Å². The molecule has 6 nitrogen and oxygen atoms in total. The van der Waals surface area contributed by atoms with Crippen LogP contribution in [0.1, 0.15) is 19.8 Å². The Morgan fingerprint density at radius 2 is 2.27 bits per heavy atom. The zero-order valence-corrected chi connectivity index (χ0v) is 13.0. The fraction of sp³-hybridized carbons (Fsp3) is 0.500. The maximum atomic E-state index is 12.0. The maximum Gasteiger partial charge on any atom is 0.326 e. The third-order valence-electron chi connectivity index (χ3n) is 4.26. The monoisotopic (exact) mass is 301 g/mol. The fourth-order valence-electron chi connectivity index (χ4n) is 3.09. The number of imidazole rings is 1. The Bertz CT molecular complexity index is 729. The van der Waals surface area contributed by atoms with Crippen LogP contribution in [-0.4, -0.2) is 40.0 Å². The number of nitrogens with one attached hydrogen (secondary N) is 1. The molecule has 0 bridgehead atoms. The van der Waals surface area contributed by atoms with Crippen LogP contribution < -0.4 is 11.4 Å². The Morgan fingerprint density at radius 3 is 3.09 bits per heavy atom. The zero-order valence-electron chi connectivity index (χ0n) is 13.0. The van der Waals surface area contributed by atoms with Crippen LogP contribution >= 0.6 is 0 Å². The average molecular weight is 301 g/mol. The molecule has 1 unspecified atom stereocenters. The normalized spacial score (nSPS) is 19.8. The van der Waals surface area contributed by atoms with E-state index in [2.05, 4.69) is 21.8 Å². The van der Waals surface area contributed by atoms with Crippen LogP contribution in [0.25, 0.3) is 11.0 Å². The second kappa shape index (κ2) is 6.25. The minimum atomic E-state index is -0.0958. The highest BCUT2D eigenvalue weighted by Crippen LogP contribution is 2.15. The van der Waals surface area contributed by atoms with Crippen molar-refractivity contribution >= 4 is 17.0 Å². The van der Waals surface area contributed by atoms with Crippen LogP contribution in [-0.2, 0) is 6.54 Å². The van der Waals surface area contributed by atoms with Crippen LogP contribution in [0, 0.1) is 5.92 Å². The van der Waals surface area contributed by atoms with Crippen LogP contribution in [0.4, 0.5) is 0 Å². The van der Waals surface area contributed by atoms with E-state index in [0.29, 0.717) is 25.0 Å². The number of aromatic amines is 1. The lowest BCUT2D eigenvalue weighted by Gasteiger charge is -2.31. The molecule has 0 saturated carbocycles. The maximum absolute atomic E-state index is 12.0. The Hall–Kier alpha value is -2.24. The molecule has 0 spiro atoms. The van der Waals surface area contributed by atoms with Gasteiger partial charge < -0.3 is 15.6 Å². The van der Waals surface area contributed by atoms with Gasteiger partial charge in [0.25, 0.3) is 0 Å². The molecule has 1 aromatic carbocycles. The molecule has 3 rings (SSSR count). The van der Waals surface area contributed by atoms with Gasteiger partial charge in [-0.2, -0.15) is 0 Å². The summed E-state index contributed by atoms with van der Waals surface area (Å²) in [4.78, 5) is 21.4. The molecule has 2 aromatic rings. The van der Waals surface area contributed by atoms with E-state index >= 15 is 0 Å². The Balaban J connectivity index is 1.68. The summed E-state index contributed by atoms with van der Waals surface area (Å²) < 4.78 is 1.71. The molecule has 1 aromatic heterocycles. The fourth-order valence-corrected chi connectivity index (χ4v) is 3.09. The predicted octanol–water partition coefficient (Wildman–Crippen LogP) is 1.38. The molecule has 1 aliphatic rings. The average Bonchev–Trinajstić information content (AvgIpc) is 2.83. The quantitative estimate of drug-likeness (QED) is 0.664. The molecule has 1 fully saturated rings. The van der Waals surface area contributed by atoms with Crippen LogP contribution in [0.5, 0.6) is 0 Å². The summed E-state index contributed by atoms with van der Waals surface area (Å²) in [6.45, 7) is 5.24. The summed E-state index contributed by atoms with van der Waals surface area (Å²) in [6.07, 6.45) is 2.42. The standard InChI is InChI=1S/C16H23N5O/c1-12-5-4-9-20(11-12)15(17)18-8-10-21-14-7-3-2-6-13(14)19-16(21)22/h2-3,6-7,12H,4-5,8-11H2,1H3,(H2,17,18)(H,19,22). The molecule has 1 saturated heterocycles. The van der Waals surface area contributed by atoms with E-state index in [1.54, 1.807) is 4.57 Å². The van der Waals surface area contributed by atoms with Crippen molar-refractivity contribution in [3.05, 3.63) is 34.7 Å². The second-order valence-corrected chi connectivity index (χ2v) is 6.03. The van der Waals surface area contributed by atoms with Crippen LogP contribution in [0.2, 0.25) is 0 Å². The number of guanidine groups is 1. The number of hydrogen-bond acceptors (Lipinski definition) is 2. The van der Waals surface area contributed by atoms with E-state index in [-0.39, 0.29) is 5.69 Å². The molecule has 2 heterocycles. The van der Waals surface area contributed by atoms with Crippen molar-refractivity contribution in [1.29, 1.82) is 0 Å².